The number of halogens is 2. The normalized spacial score (nSPS) is 14.1. The predicted octanol–water partition coefficient (Wildman–Crippen LogP) is 3.24. The number of nitrogens with one attached hydrogen (secondary N) is 2. The van der Waals surface area contributed by atoms with Crippen molar-refractivity contribution in [3.63, 3.8) is 0 Å². The minimum absolute atomic E-state index is 0. The Hall–Kier alpha value is -1.05. The van der Waals surface area contributed by atoms with Gasteiger partial charge in [-0.1, -0.05) is 6.07 Å². The third-order valence-corrected chi connectivity index (χ3v) is 3.76. The van der Waals surface area contributed by atoms with Gasteiger partial charge in [0.15, 0.2) is 5.96 Å². The summed E-state index contributed by atoms with van der Waals surface area (Å²) in [6.07, 6.45) is 3.61. The quantitative estimate of drug-likeness (QED) is 0.286. The van der Waals surface area contributed by atoms with E-state index in [0.29, 0.717) is 0 Å². The van der Waals surface area contributed by atoms with Crippen LogP contribution in [0.15, 0.2) is 29.3 Å². The molecule has 0 amide bonds. The van der Waals surface area contributed by atoms with Crippen LogP contribution in [-0.2, 0) is 0 Å². The lowest BCUT2D eigenvalue weighted by Gasteiger charge is -2.19. The second kappa shape index (κ2) is 10.7. The smallest absolute Gasteiger partial charge is 0.191 e. The maximum atomic E-state index is 13.2. The van der Waals surface area contributed by atoms with E-state index >= 15 is 0 Å². The van der Waals surface area contributed by atoms with Gasteiger partial charge in [0.05, 0.1) is 0 Å². The van der Waals surface area contributed by atoms with Crippen LogP contribution < -0.4 is 15.5 Å². The van der Waals surface area contributed by atoms with E-state index in [4.69, 9.17) is 0 Å². The Balaban J connectivity index is 0.00000264. The summed E-state index contributed by atoms with van der Waals surface area (Å²) in [5, 5.41) is 6.63. The molecule has 1 fully saturated rings. The van der Waals surface area contributed by atoms with E-state index in [1.54, 1.807) is 12.1 Å². The van der Waals surface area contributed by atoms with Gasteiger partial charge in [0.2, 0.25) is 0 Å². The van der Waals surface area contributed by atoms with Crippen LogP contribution in [0.25, 0.3) is 0 Å². The van der Waals surface area contributed by atoms with E-state index in [9.17, 15) is 4.39 Å². The molecule has 0 aromatic heterocycles. The highest BCUT2D eigenvalue weighted by Gasteiger charge is 2.20. The number of guanidine groups is 1. The average Bonchev–Trinajstić information content (AvgIpc) is 3.33. The minimum Gasteiger partial charge on any atom is -0.374 e. The molecule has 0 atom stereocenters. The molecule has 1 aromatic rings. The molecule has 1 aromatic carbocycles. The molecule has 2 rings (SSSR count). The molecule has 0 heterocycles. The largest absolute Gasteiger partial charge is 0.374 e. The zero-order chi connectivity index (χ0) is 15.8. The van der Waals surface area contributed by atoms with Crippen molar-refractivity contribution in [3.05, 3.63) is 30.1 Å². The summed E-state index contributed by atoms with van der Waals surface area (Å²) in [6.45, 7) is 5.61. The van der Waals surface area contributed by atoms with E-state index in [0.717, 1.165) is 50.2 Å². The SMILES string of the molecule is CCNC(=NCC1CC1)NCCCN(C)c1cccc(F)c1.I. The van der Waals surface area contributed by atoms with Gasteiger partial charge < -0.3 is 15.5 Å². The third kappa shape index (κ3) is 7.85. The molecule has 23 heavy (non-hydrogen) atoms. The van der Waals surface area contributed by atoms with Crippen LogP contribution in [0.3, 0.4) is 0 Å². The summed E-state index contributed by atoms with van der Waals surface area (Å²) in [5.74, 6) is 1.52. The second-order valence-electron chi connectivity index (χ2n) is 5.84. The summed E-state index contributed by atoms with van der Waals surface area (Å²) < 4.78 is 13.2. The van der Waals surface area contributed by atoms with Crippen LogP contribution >= 0.6 is 24.0 Å². The first-order valence-electron chi connectivity index (χ1n) is 8.18. The molecule has 0 bridgehead atoms. The van der Waals surface area contributed by atoms with Gasteiger partial charge >= 0.3 is 0 Å². The Kier molecular flexibility index (Phi) is 9.28. The molecule has 1 saturated carbocycles. The monoisotopic (exact) mass is 434 g/mol. The topological polar surface area (TPSA) is 39.7 Å². The van der Waals surface area contributed by atoms with Crippen molar-refractivity contribution in [3.8, 4) is 0 Å². The standard InChI is InChI=1S/C17H27FN4.HI/c1-3-19-17(21-13-14-8-9-14)20-10-5-11-22(2)16-7-4-6-15(18)12-16;/h4,6-7,12,14H,3,5,8-11,13H2,1-2H3,(H2,19,20,21);1H. The van der Waals surface area contributed by atoms with Gasteiger partial charge in [-0.2, -0.15) is 0 Å². The Labute approximate surface area is 156 Å². The molecular weight excluding hydrogens is 406 g/mol. The van der Waals surface area contributed by atoms with Gasteiger partial charge in [-0.3, -0.25) is 4.99 Å². The fourth-order valence-corrected chi connectivity index (χ4v) is 2.23. The molecule has 0 unspecified atom stereocenters. The molecule has 1 aliphatic carbocycles. The van der Waals surface area contributed by atoms with E-state index in [1.165, 1.54) is 18.9 Å². The van der Waals surface area contributed by atoms with Crippen LogP contribution in [0.1, 0.15) is 26.2 Å². The average molecular weight is 434 g/mol. The molecule has 0 aliphatic heterocycles. The van der Waals surface area contributed by atoms with Crippen LogP contribution in [0.4, 0.5) is 10.1 Å². The summed E-state index contributed by atoms with van der Waals surface area (Å²) in [4.78, 5) is 6.66. The lowest BCUT2D eigenvalue weighted by atomic mass is 10.2. The molecule has 2 N–H and O–H groups in total. The zero-order valence-corrected chi connectivity index (χ0v) is 16.3. The second-order valence-corrected chi connectivity index (χ2v) is 5.84. The van der Waals surface area contributed by atoms with Crippen molar-refractivity contribution < 1.29 is 4.39 Å². The van der Waals surface area contributed by atoms with Gasteiger partial charge in [-0.25, -0.2) is 4.39 Å². The number of nitrogens with zero attached hydrogens (tertiary/aromatic N) is 2. The van der Waals surface area contributed by atoms with Gasteiger partial charge in [-0.15, -0.1) is 24.0 Å². The van der Waals surface area contributed by atoms with Crippen molar-refractivity contribution in [2.24, 2.45) is 10.9 Å². The summed E-state index contributed by atoms with van der Waals surface area (Å²) in [6, 6.07) is 6.71. The molecule has 0 radical (unpaired) electrons. The Bertz CT molecular complexity index is 491. The van der Waals surface area contributed by atoms with Crippen LogP contribution in [-0.4, -0.2) is 39.2 Å². The van der Waals surface area contributed by atoms with E-state index in [2.05, 4.69) is 27.4 Å². The van der Waals surface area contributed by atoms with Crippen LogP contribution in [0.5, 0.6) is 0 Å². The highest BCUT2D eigenvalue weighted by Crippen LogP contribution is 2.28. The van der Waals surface area contributed by atoms with Crippen LogP contribution in [0.2, 0.25) is 0 Å². The number of benzene rings is 1. The fourth-order valence-electron chi connectivity index (χ4n) is 2.23. The molecule has 130 valence electrons. The molecule has 0 spiro atoms. The summed E-state index contributed by atoms with van der Waals surface area (Å²) in [7, 11) is 1.99. The number of hydrogen-bond acceptors (Lipinski definition) is 2. The number of hydrogen-bond donors (Lipinski definition) is 2. The first kappa shape index (κ1) is 20.0. The van der Waals surface area contributed by atoms with E-state index in [1.807, 2.05) is 13.1 Å². The molecule has 4 nitrogen and oxygen atoms in total. The first-order chi connectivity index (χ1) is 10.7. The predicted molar refractivity (Wildman–Crippen MR) is 106 cm³/mol. The zero-order valence-electron chi connectivity index (χ0n) is 14.0. The number of anilines is 1. The molecule has 6 heteroatoms. The lowest BCUT2D eigenvalue weighted by Crippen LogP contribution is -2.38. The lowest BCUT2D eigenvalue weighted by molar-refractivity contribution is 0.626. The molecule has 1 aliphatic rings. The number of aliphatic imine (C=N–C) groups is 1. The third-order valence-electron chi connectivity index (χ3n) is 3.76. The summed E-state index contributed by atoms with van der Waals surface area (Å²) >= 11 is 0. The van der Waals surface area contributed by atoms with E-state index < -0.39 is 0 Å². The van der Waals surface area contributed by atoms with Gasteiger partial charge in [-0.05, 0) is 50.3 Å². The summed E-state index contributed by atoms with van der Waals surface area (Å²) in [5.41, 5.74) is 0.911. The minimum atomic E-state index is -0.191. The van der Waals surface area contributed by atoms with Crippen molar-refractivity contribution in [2.75, 3.05) is 38.1 Å². The van der Waals surface area contributed by atoms with Gasteiger partial charge in [0.1, 0.15) is 5.82 Å². The number of rotatable bonds is 8. The first-order valence-corrected chi connectivity index (χ1v) is 8.18. The fraction of sp³-hybridized carbons (Fsp3) is 0.588. The van der Waals surface area contributed by atoms with Crippen molar-refractivity contribution in [1.82, 2.24) is 10.6 Å². The van der Waals surface area contributed by atoms with E-state index in [-0.39, 0.29) is 29.8 Å². The maximum Gasteiger partial charge on any atom is 0.191 e. The molecule has 0 saturated heterocycles. The van der Waals surface area contributed by atoms with Crippen molar-refractivity contribution >= 4 is 35.6 Å². The highest BCUT2D eigenvalue weighted by atomic mass is 127. The Morgan fingerprint density at radius 3 is 2.78 bits per heavy atom. The van der Waals surface area contributed by atoms with Crippen molar-refractivity contribution in [2.45, 2.75) is 26.2 Å². The van der Waals surface area contributed by atoms with Gasteiger partial charge in [0, 0.05) is 38.9 Å². The molecular formula is C17H28FIN4. The maximum absolute atomic E-state index is 13.2. The van der Waals surface area contributed by atoms with Crippen molar-refractivity contribution in [1.29, 1.82) is 0 Å². The van der Waals surface area contributed by atoms with Gasteiger partial charge in [0.25, 0.3) is 0 Å². The Morgan fingerprint density at radius 2 is 2.13 bits per heavy atom. The Morgan fingerprint density at radius 1 is 1.35 bits per heavy atom. The highest BCUT2D eigenvalue weighted by molar-refractivity contribution is 14.0. The van der Waals surface area contributed by atoms with Crippen LogP contribution in [0, 0.1) is 11.7 Å².